The second-order valence-electron chi connectivity index (χ2n) is 4.36. The molecule has 0 spiro atoms. The molecule has 0 atom stereocenters. The molecule has 3 heteroatoms. The highest BCUT2D eigenvalue weighted by Gasteiger charge is 2.50. The van der Waals surface area contributed by atoms with Gasteiger partial charge in [-0.1, -0.05) is 12.1 Å². The molecule has 0 unspecified atom stereocenters. The van der Waals surface area contributed by atoms with Crippen LogP contribution in [0.3, 0.4) is 0 Å². The fourth-order valence-corrected chi connectivity index (χ4v) is 1.78. The number of carboxylic acid groups (broad SMARTS) is 1. The molecule has 0 radical (unpaired) electrons. The van der Waals surface area contributed by atoms with Gasteiger partial charge in [0.15, 0.2) is 0 Å². The highest BCUT2D eigenvalue weighted by Crippen LogP contribution is 2.48. The molecule has 1 aliphatic rings. The van der Waals surface area contributed by atoms with Crippen LogP contribution in [0.2, 0.25) is 0 Å². The van der Waals surface area contributed by atoms with Gasteiger partial charge in [0.05, 0.1) is 5.41 Å². The van der Waals surface area contributed by atoms with Crippen molar-refractivity contribution in [3.05, 3.63) is 35.1 Å². The van der Waals surface area contributed by atoms with Gasteiger partial charge in [0.25, 0.3) is 0 Å². The quantitative estimate of drug-likeness (QED) is 0.828. The third kappa shape index (κ3) is 1.87. The van der Waals surface area contributed by atoms with Gasteiger partial charge < -0.3 is 5.11 Å². The zero-order valence-corrected chi connectivity index (χ0v) is 8.59. The summed E-state index contributed by atoms with van der Waals surface area (Å²) in [7, 11) is 0. The first-order valence-electron chi connectivity index (χ1n) is 5.02. The average Bonchev–Trinajstić information content (AvgIpc) is 2.91. The van der Waals surface area contributed by atoms with E-state index in [1.54, 1.807) is 6.07 Å². The Hall–Kier alpha value is -1.38. The molecule has 1 fully saturated rings. The normalized spacial score (nSPS) is 17.5. The van der Waals surface area contributed by atoms with Gasteiger partial charge in [0.2, 0.25) is 0 Å². The minimum absolute atomic E-state index is 0.289. The Kier molecular flexibility index (Phi) is 2.25. The molecule has 1 N–H and O–H groups in total. The number of aliphatic carboxylic acids is 1. The lowest BCUT2D eigenvalue weighted by Gasteiger charge is -2.10. The SMILES string of the molecule is Cc1ccc(CC2(C(=O)O)CC2)c(F)c1. The summed E-state index contributed by atoms with van der Waals surface area (Å²) in [4.78, 5) is 10.9. The van der Waals surface area contributed by atoms with Crippen LogP contribution in [0.5, 0.6) is 0 Å². The van der Waals surface area contributed by atoms with Gasteiger partial charge in [0.1, 0.15) is 5.82 Å². The first-order valence-corrected chi connectivity index (χ1v) is 5.02. The number of aryl methyl sites for hydroxylation is 1. The highest BCUT2D eigenvalue weighted by molar-refractivity contribution is 5.78. The van der Waals surface area contributed by atoms with Crippen LogP contribution in [-0.2, 0) is 11.2 Å². The lowest BCUT2D eigenvalue weighted by Crippen LogP contribution is -2.18. The molecule has 80 valence electrons. The van der Waals surface area contributed by atoms with Gasteiger partial charge >= 0.3 is 5.97 Å². The highest BCUT2D eigenvalue weighted by atomic mass is 19.1. The molecule has 0 amide bonds. The molecule has 0 heterocycles. The molecule has 1 saturated carbocycles. The third-order valence-electron chi connectivity index (χ3n) is 3.04. The number of halogens is 1. The molecule has 2 nitrogen and oxygen atoms in total. The van der Waals surface area contributed by atoms with Crippen molar-refractivity contribution in [2.45, 2.75) is 26.2 Å². The lowest BCUT2D eigenvalue weighted by molar-refractivity contribution is -0.143. The predicted octanol–water partition coefficient (Wildman–Crippen LogP) is 2.54. The monoisotopic (exact) mass is 208 g/mol. The minimum atomic E-state index is -0.803. The molecular formula is C12H13FO2. The molecule has 0 aliphatic heterocycles. The average molecular weight is 208 g/mol. The molecule has 0 aromatic heterocycles. The van der Waals surface area contributed by atoms with E-state index in [0.29, 0.717) is 24.8 Å². The van der Waals surface area contributed by atoms with E-state index in [4.69, 9.17) is 5.11 Å². The van der Waals surface area contributed by atoms with Crippen LogP contribution in [0, 0.1) is 18.2 Å². The summed E-state index contributed by atoms with van der Waals surface area (Å²) in [5, 5.41) is 8.99. The van der Waals surface area contributed by atoms with E-state index in [2.05, 4.69) is 0 Å². The summed E-state index contributed by atoms with van der Waals surface area (Å²) in [6.45, 7) is 1.82. The van der Waals surface area contributed by atoms with E-state index in [9.17, 15) is 9.18 Å². The van der Waals surface area contributed by atoms with Crippen LogP contribution in [0.25, 0.3) is 0 Å². The zero-order valence-electron chi connectivity index (χ0n) is 8.59. The van der Waals surface area contributed by atoms with Crippen LogP contribution in [0.4, 0.5) is 4.39 Å². The summed E-state index contributed by atoms with van der Waals surface area (Å²) in [5.74, 6) is -1.09. The van der Waals surface area contributed by atoms with Gasteiger partial charge in [0, 0.05) is 0 Å². The minimum Gasteiger partial charge on any atom is -0.481 e. The van der Waals surface area contributed by atoms with Crippen molar-refractivity contribution in [3.8, 4) is 0 Å². The summed E-state index contributed by atoms with van der Waals surface area (Å²) in [6, 6.07) is 4.96. The number of hydrogen-bond acceptors (Lipinski definition) is 1. The maximum atomic E-state index is 13.5. The lowest BCUT2D eigenvalue weighted by atomic mass is 9.96. The van der Waals surface area contributed by atoms with Crippen LogP contribution in [0.1, 0.15) is 24.0 Å². The van der Waals surface area contributed by atoms with Gasteiger partial charge in [-0.15, -0.1) is 0 Å². The second kappa shape index (κ2) is 3.33. The molecule has 15 heavy (non-hydrogen) atoms. The van der Waals surface area contributed by atoms with Gasteiger partial charge in [-0.25, -0.2) is 4.39 Å². The van der Waals surface area contributed by atoms with Gasteiger partial charge in [-0.2, -0.15) is 0 Å². The maximum absolute atomic E-state index is 13.5. The van der Waals surface area contributed by atoms with E-state index in [-0.39, 0.29) is 5.82 Å². The first kappa shape index (κ1) is 10.1. The van der Waals surface area contributed by atoms with E-state index in [1.165, 1.54) is 6.07 Å². The second-order valence-corrected chi connectivity index (χ2v) is 4.36. The predicted molar refractivity (Wildman–Crippen MR) is 54.1 cm³/mol. The summed E-state index contributed by atoms with van der Waals surface area (Å²) in [6.07, 6.45) is 1.64. The van der Waals surface area contributed by atoms with Crippen molar-refractivity contribution in [1.82, 2.24) is 0 Å². The first-order chi connectivity index (χ1) is 7.03. The fraction of sp³-hybridized carbons (Fsp3) is 0.417. The number of hydrogen-bond donors (Lipinski definition) is 1. The van der Waals surface area contributed by atoms with Crippen molar-refractivity contribution in [2.75, 3.05) is 0 Å². The van der Waals surface area contributed by atoms with Crippen LogP contribution < -0.4 is 0 Å². The Morgan fingerprint density at radius 2 is 2.20 bits per heavy atom. The number of carbonyl (C=O) groups is 1. The Labute approximate surface area is 87.7 Å². The van der Waals surface area contributed by atoms with Crippen molar-refractivity contribution in [2.24, 2.45) is 5.41 Å². The summed E-state index contributed by atoms with van der Waals surface area (Å²) in [5.41, 5.74) is 0.688. The van der Waals surface area contributed by atoms with Crippen molar-refractivity contribution < 1.29 is 14.3 Å². The third-order valence-corrected chi connectivity index (χ3v) is 3.04. The summed E-state index contributed by atoms with van der Waals surface area (Å²) >= 11 is 0. The standard InChI is InChI=1S/C12H13FO2/c1-8-2-3-9(10(13)6-8)7-12(4-5-12)11(14)15/h2-3,6H,4-5,7H2,1H3,(H,14,15). The molecule has 1 aromatic carbocycles. The Morgan fingerprint density at radius 3 is 2.67 bits per heavy atom. The number of carboxylic acids is 1. The topological polar surface area (TPSA) is 37.3 Å². The Bertz CT molecular complexity index is 408. The van der Waals surface area contributed by atoms with E-state index in [1.807, 2.05) is 13.0 Å². The largest absolute Gasteiger partial charge is 0.481 e. The van der Waals surface area contributed by atoms with E-state index >= 15 is 0 Å². The fourth-order valence-electron chi connectivity index (χ4n) is 1.78. The zero-order chi connectivity index (χ0) is 11.1. The number of rotatable bonds is 3. The summed E-state index contributed by atoms with van der Waals surface area (Å²) < 4.78 is 13.5. The van der Waals surface area contributed by atoms with Crippen LogP contribution >= 0.6 is 0 Å². The smallest absolute Gasteiger partial charge is 0.309 e. The molecular weight excluding hydrogens is 195 g/mol. The Balaban J connectivity index is 2.21. The molecule has 2 rings (SSSR count). The molecule has 1 aliphatic carbocycles. The van der Waals surface area contributed by atoms with Crippen LogP contribution in [0.15, 0.2) is 18.2 Å². The molecule has 0 bridgehead atoms. The Morgan fingerprint density at radius 1 is 1.53 bits per heavy atom. The maximum Gasteiger partial charge on any atom is 0.309 e. The van der Waals surface area contributed by atoms with Crippen molar-refractivity contribution in [1.29, 1.82) is 0 Å². The van der Waals surface area contributed by atoms with Crippen molar-refractivity contribution in [3.63, 3.8) is 0 Å². The van der Waals surface area contributed by atoms with Crippen molar-refractivity contribution >= 4 is 5.97 Å². The molecule has 0 saturated heterocycles. The van der Waals surface area contributed by atoms with E-state index in [0.717, 1.165) is 5.56 Å². The van der Waals surface area contributed by atoms with Gasteiger partial charge in [-0.3, -0.25) is 4.79 Å². The van der Waals surface area contributed by atoms with Gasteiger partial charge in [-0.05, 0) is 43.4 Å². The van der Waals surface area contributed by atoms with Crippen LogP contribution in [-0.4, -0.2) is 11.1 Å². The molecule has 1 aromatic rings. The van der Waals surface area contributed by atoms with E-state index < -0.39 is 11.4 Å². The number of benzene rings is 1.